The molecule has 1 aliphatic heterocycles. The molecule has 3 heterocycles. The van der Waals surface area contributed by atoms with Gasteiger partial charge in [0.05, 0.1) is 17.0 Å². The van der Waals surface area contributed by atoms with Gasteiger partial charge in [0.25, 0.3) is 0 Å². The van der Waals surface area contributed by atoms with E-state index in [1.165, 1.54) is 18.5 Å². The van der Waals surface area contributed by atoms with Crippen molar-refractivity contribution < 1.29 is 17.9 Å². The van der Waals surface area contributed by atoms with Gasteiger partial charge in [0.1, 0.15) is 23.5 Å². The van der Waals surface area contributed by atoms with Crippen LogP contribution < -0.4 is 14.5 Å². The fraction of sp³-hybridized carbons (Fsp3) is 0.208. The van der Waals surface area contributed by atoms with Crippen molar-refractivity contribution >= 4 is 22.5 Å². The van der Waals surface area contributed by atoms with Crippen LogP contribution in [0.25, 0.3) is 22.3 Å². The van der Waals surface area contributed by atoms with Crippen LogP contribution in [-0.2, 0) is 0 Å². The molecule has 2 aromatic heterocycles. The van der Waals surface area contributed by atoms with E-state index < -0.39 is 6.36 Å². The highest BCUT2D eigenvalue weighted by Gasteiger charge is 2.31. The van der Waals surface area contributed by atoms with Crippen LogP contribution in [0.4, 0.5) is 24.7 Å². The Labute approximate surface area is 193 Å². The Kier molecular flexibility index (Phi) is 5.45. The minimum absolute atomic E-state index is 0.234. The first kappa shape index (κ1) is 21.6. The summed E-state index contributed by atoms with van der Waals surface area (Å²) in [5.74, 6) is 0.583. The molecule has 0 bridgehead atoms. The van der Waals surface area contributed by atoms with Crippen LogP contribution >= 0.6 is 0 Å². The van der Waals surface area contributed by atoms with Crippen LogP contribution in [-0.4, -0.2) is 47.5 Å². The number of aromatic nitrogens is 3. The number of benzene rings is 2. The second-order valence-electron chi connectivity index (χ2n) is 7.85. The normalized spacial score (nSPS) is 14.3. The monoisotopic (exact) mass is 464 g/mol. The maximum Gasteiger partial charge on any atom is 0.573 e. The molecule has 1 fully saturated rings. The summed E-state index contributed by atoms with van der Waals surface area (Å²) in [7, 11) is 0. The Balaban J connectivity index is 1.32. The second-order valence-corrected chi connectivity index (χ2v) is 7.85. The summed E-state index contributed by atoms with van der Waals surface area (Å²) >= 11 is 0. The van der Waals surface area contributed by atoms with Crippen molar-refractivity contribution in [1.82, 2.24) is 15.0 Å². The molecule has 5 rings (SSSR count). The Morgan fingerprint density at radius 2 is 1.68 bits per heavy atom. The Hall–Kier alpha value is -4.26. The Bertz CT molecular complexity index is 1350. The van der Waals surface area contributed by atoms with Gasteiger partial charge >= 0.3 is 6.36 Å². The van der Waals surface area contributed by atoms with Crippen LogP contribution in [0.1, 0.15) is 5.56 Å². The molecule has 172 valence electrons. The van der Waals surface area contributed by atoms with Gasteiger partial charge < -0.3 is 19.5 Å². The summed E-state index contributed by atoms with van der Waals surface area (Å²) in [6, 6.07) is 17.4. The second kappa shape index (κ2) is 8.59. The molecule has 4 aromatic rings. The van der Waals surface area contributed by atoms with Gasteiger partial charge in [-0.15, -0.1) is 13.2 Å². The van der Waals surface area contributed by atoms with Gasteiger partial charge in [0.2, 0.25) is 0 Å². The van der Waals surface area contributed by atoms with Crippen molar-refractivity contribution in [1.29, 1.82) is 5.26 Å². The van der Waals surface area contributed by atoms with Gasteiger partial charge in [-0.3, -0.25) is 0 Å². The largest absolute Gasteiger partial charge is 0.573 e. The first-order valence-corrected chi connectivity index (χ1v) is 10.6. The Morgan fingerprint density at radius 1 is 0.941 bits per heavy atom. The van der Waals surface area contributed by atoms with E-state index in [1.54, 1.807) is 18.2 Å². The molecule has 34 heavy (non-hydrogen) atoms. The molecule has 0 atom stereocenters. The first-order valence-electron chi connectivity index (χ1n) is 10.6. The number of H-pyrrole nitrogens is 1. The van der Waals surface area contributed by atoms with Gasteiger partial charge in [-0.2, -0.15) is 5.26 Å². The fourth-order valence-electron chi connectivity index (χ4n) is 4.13. The molecule has 0 aliphatic carbocycles. The number of ether oxygens (including phenoxy) is 1. The first-order chi connectivity index (χ1) is 16.4. The quantitative estimate of drug-likeness (QED) is 0.471. The van der Waals surface area contributed by atoms with E-state index in [-0.39, 0.29) is 5.75 Å². The SMILES string of the molecule is N#Cc1cccc(-c2cc3c(N4CCN(c5ccc(OC(F)(F)F)cc5)CC4)ncnc3[nH]2)c1. The summed E-state index contributed by atoms with van der Waals surface area (Å²) in [6.07, 6.45) is -3.18. The maximum atomic E-state index is 12.4. The number of fused-ring (bicyclic) bond motifs is 1. The van der Waals surface area contributed by atoms with Crippen molar-refractivity contribution in [2.75, 3.05) is 36.0 Å². The lowest BCUT2D eigenvalue weighted by Gasteiger charge is -2.36. The van der Waals surface area contributed by atoms with E-state index in [9.17, 15) is 18.4 Å². The molecule has 0 unspecified atom stereocenters. The predicted octanol–water partition coefficient (Wildman–Crippen LogP) is 4.72. The smallest absolute Gasteiger partial charge is 0.406 e. The van der Waals surface area contributed by atoms with Gasteiger partial charge in [-0.05, 0) is 48.0 Å². The number of halogens is 3. The molecule has 0 radical (unpaired) electrons. The van der Waals surface area contributed by atoms with E-state index in [4.69, 9.17) is 0 Å². The summed E-state index contributed by atoms with van der Waals surface area (Å²) < 4.78 is 41.1. The Morgan fingerprint density at radius 3 is 2.38 bits per heavy atom. The van der Waals surface area contributed by atoms with E-state index in [0.29, 0.717) is 37.4 Å². The predicted molar refractivity (Wildman–Crippen MR) is 122 cm³/mol. The van der Waals surface area contributed by atoms with Crippen LogP contribution in [0.3, 0.4) is 0 Å². The van der Waals surface area contributed by atoms with Crippen molar-refractivity contribution in [3.63, 3.8) is 0 Å². The lowest BCUT2D eigenvalue weighted by Crippen LogP contribution is -2.46. The summed E-state index contributed by atoms with van der Waals surface area (Å²) in [4.78, 5) is 16.5. The number of nitriles is 1. The number of nitrogens with zero attached hydrogens (tertiary/aromatic N) is 5. The molecular weight excluding hydrogens is 445 g/mol. The van der Waals surface area contributed by atoms with Crippen LogP contribution in [0.2, 0.25) is 0 Å². The number of piperazine rings is 1. The van der Waals surface area contributed by atoms with Crippen molar-refractivity contribution in [3.8, 4) is 23.1 Å². The lowest BCUT2D eigenvalue weighted by molar-refractivity contribution is -0.274. The number of aromatic amines is 1. The number of rotatable bonds is 4. The molecule has 0 amide bonds. The van der Waals surface area contributed by atoms with Gasteiger partial charge in [-0.25, -0.2) is 9.97 Å². The van der Waals surface area contributed by atoms with Gasteiger partial charge in [0.15, 0.2) is 0 Å². The molecule has 0 saturated carbocycles. The molecule has 0 spiro atoms. The number of alkyl halides is 3. The van der Waals surface area contributed by atoms with E-state index in [1.807, 2.05) is 24.3 Å². The molecule has 1 N–H and O–H groups in total. The molecular formula is C24H19F3N6O. The third kappa shape index (κ3) is 4.45. The van der Waals surface area contributed by atoms with Crippen LogP contribution in [0, 0.1) is 11.3 Å². The topological polar surface area (TPSA) is 81.1 Å². The third-order valence-electron chi connectivity index (χ3n) is 5.72. The molecule has 7 nitrogen and oxygen atoms in total. The number of hydrogen-bond acceptors (Lipinski definition) is 6. The average molecular weight is 464 g/mol. The summed E-state index contributed by atoms with van der Waals surface area (Å²) in [5.41, 5.74) is 3.88. The highest BCUT2D eigenvalue weighted by molar-refractivity contribution is 5.92. The number of anilines is 2. The zero-order chi connectivity index (χ0) is 23.7. The summed E-state index contributed by atoms with van der Waals surface area (Å²) in [5, 5.41) is 10.1. The van der Waals surface area contributed by atoms with Crippen molar-refractivity contribution in [2.45, 2.75) is 6.36 Å². The summed E-state index contributed by atoms with van der Waals surface area (Å²) in [6.45, 7) is 2.76. The standard InChI is InChI=1S/C24H19F3N6O/c25-24(26,27)34-19-6-4-18(5-7-19)32-8-10-33(11-9-32)23-20-13-21(31-22(20)29-15-30-23)17-3-1-2-16(12-17)14-28/h1-7,12-13,15H,8-11H2,(H,29,30,31). The zero-order valence-electron chi connectivity index (χ0n) is 17.9. The maximum absolute atomic E-state index is 12.4. The lowest BCUT2D eigenvalue weighted by atomic mass is 10.1. The fourth-order valence-corrected chi connectivity index (χ4v) is 4.13. The highest BCUT2D eigenvalue weighted by atomic mass is 19.4. The van der Waals surface area contributed by atoms with E-state index in [2.05, 4.69) is 35.6 Å². The molecule has 1 saturated heterocycles. The van der Waals surface area contributed by atoms with Crippen LogP contribution in [0.5, 0.6) is 5.75 Å². The van der Waals surface area contributed by atoms with Crippen molar-refractivity contribution in [2.24, 2.45) is 0 Å². The van der Waals surface area contributed by atoms with Gasteiger partial charge in [-0.1, -0.05) is 12.1 Å². The zero-order valence-corrected chi connectivity index (χ0v) is 17.9. The van der Waals surface area contributed by atoms with Crippen molar-refractivity contribution in [3.05, 3.63) is 66.5 Å². The highest BCUT2D eigenvalue weighted by Crippen LogP contribution is 2.31. The average Bonchev–Trinajstić information content (AvgIpc) is 3.28. The third-order valence-corrected chi connectivity index (χ3v) is 5.72. The minimum atomic E-state index is -4.70. The van der Waals surface area contributed by atoms with E-state index >= 15 is 0 Å². The number of hydrogen-bond donors (Lipinski definition) is 1. The van der Waals surface area contributed by atoms with E-state index in [0.717, 1.165) is 28.1 Å². The number of nitrogens with one attached hydrogen (secondary N) is 1. The molecule has 2 aromatic carbocycles. The molecule has 10 heteroatoms. The minimum Gasteiger partial charge on any atom is -0.406 e. The molecule has 1 aliphatic rings. The van der Waals surface area contributed by atoms with Crippen LogP contribution in [0.15, 0.2) is 60.9 Å². The van der Waals surface area contributed by atoms with Gasteiger partial charge in [0, 0.05) is 37.6 Å².